The van der Waals surface area contributed by atoms with Crippen LogP contribution in [0.2, 0.25) is 0 Å². The minimum absolute atomic E-state index is 0.187. The number of aldehydes is 1. The van der Waals surface area contributed by atoms with Crippen molar-refractivity contribution in [2.75, 3.05) is 6.54 Å². The summed E-state index contributed by atoms with van der Waals surface area (Å²) in [5.74, 6) is -1.06. The third kappa shape index (κ3) is 6.59. The lowest BCUT2D eigenvalue weighted by Gasteiger charge is -2.17. The van der Waals surface area contributed by atoms with Crippen molar-refractivity contribution in [3.8, 4) is 0 Å². The number of benzene rings is 2. The average molecular weight is 338 g/mol. The Morgan fingerprint density at radius 1 is 0.880 bits per heavy atom. The molecule has 2 aromatic rings. The third-order valence-electron chi connectivity index (χ3n) is 3.86. The summed E-state index contributed by atoms with van der Waals surface area (Å²) in [6, 6.07) is 18.8. The second-order valence-corrected chi connectivity index (χ2v) is 5.73. The van der Waals surface area contributed by atoms with Gasteiger partial charge in [-0.15, -0.1) is 0 Å². The number of rotatable bonds is 9. The predicted octanol–water partition coefficient (Wildman–Crippen LogP) is 1.66. The van der Waals surface area contributed by atoms with Crippen LogP contribution in [0.4, 0.5) is 0 Å². The first kappa shape index (κ1) is 18.4. The number of carbonyl (C=O) groups is 3. The highest BCUT2D eigenvalue weighted by molar-refractivity contribution is 6.24. The second kappa shape index (κ2) is 10.0. The molecule has 0 spiro atoms. The summed E-state index contributed by atoms with van der Waals surface area (Å²) < 4.78 is 0. The van der Waals surface area contributed by atoms with E-state index >= 15 is 0 Å². The van der Waals surface area contributed by atoms with E-state index in [-0.39, 0.29) is 12.2 Å². The van der Waals surface area contributed by atoms with Gasteiger partial charge in [0, 0.05) is 6.54 Å². The van der Waals surface area contributed by atoms with Crippen molar-refractivity contribution in [3.63, 3.8) is 0 Å². The monoisotopic (exact) mass is 338 g/mol. The Kier molecular flexibility index (Phi) is 7.38. The van der Waals surface area contributed by atoms with Crippen LogP contribution in [-0.2, 0) is 27.2 Å². The quantitative estimate of drug-likeness (QED) is 0.539. The maximum atomic E-state index is 12.4. The molecule has 5 heteroatoms. The van der Waals surface area contributed by atoms with E-state index < -0.39 is 11.9 Å². The standard InChI is InChI=1S/C20H22N2O3/c23-15-19(24)22-18(12-11-16-7-3-1-4-8-16)20(25)21-14-13-17-9-5-2-6-10-17/h1-10,15,18H,11-14H2,(H,21,25)(H,22,24). The summed E-state index contributed by atoms with van der Waals surface area (Å²) >= 11 is 0. The van der Waals surface area contributed by atoms with Crippen molar-refractivity contribution in [1.82, 2.24) is 10.6 Å². The van der Waals surface area contributed by atoms with E-state index in [1.54, 1.807) is 0 Å². The van der Waals surface area contributed by atoms with Gasteiger partial charge in [-0.25, -0.2) is 0 Å². The third-order valence-corrected chi connectivity index (χ3v) is 3.86. The Morgan fingerprint density at radius 2 is 1.44 bits per heavy atom. The summed E-state index contributed by atoms with van der Waals surface area (Å²) in [4.78, 5) is 34.3. The number of hydrogen-bond donors (Lipinski definition) is 2. The molecule has 0 aliphatic rings. The Balaban J connectivity index is 1.87. The van der Waals surface area contributed by atoms with E-state index in [1.807, 2.05) is 60.7 Å². The zero-order valence-electron chi connectivity index (χ0n) is 14.0. The average Bonchev–Trinajstić information content (AvgIpc) is 2.66. The van der Waals surface area contributed by atoms with Gasteiger partial charge in [0.05, 0.1) is 0 Å². The highest BCUT2D eigenvalue weighted by Gasteiger charge is 2.20. The van der Waals surface area contributed by atoms with Crippen LogP contribution in [0.3, 0.4) is 0 Å². The lowest BCUT2D eigenvalue weighted by atomic mass is 10.0. The van der Waals surface area contributed by atoms with Crippen LogP contribution in [0.1, 0.15) is 17.5 Å². The van der Waals surface area contributed by atoms with Gasteiger partial charge in [-0.05, 0) is 30.4 Å². The van der Waals surface area contributed by atoms with Crippen molar-refractivity contribution in [1.29, 1.82) is 0 Å². The highest BCUT2D eigenvalue weighted by Crippen LogP contribution is 2.06. The predicted molar refractivity (Wildman–Crippen MR) is 95.9 cm³/mol. The molecule has 0 bridgehead atoms. The molecule has 2 N–H and O–H groups in total. The van der Waals surface area contributed by atoms with Crippen LogP contribution in [0.25, 0.3) is 0 Å². The van der Waals surface area contributed by atoms with Crippen LogP contribution in [0, 0.1) is 0 Å². The van der Waals surface area contributed by atoms with Gasteiger partial charge < -0.3 is 10.6 Å². The topological polar surface area (TPSA) is 75.3 Å². The van der Waals surface area contributed by atoms with Gasteiger partial charge in [-0.1, -0.05) is 60.7 Å². The Morgan fingerprint density at radius 3 is 2.00 bits per heavy atom. The number of hydrogen-bond acceptors (Lipinski definition) is 3. The van der Waals surface area contributed by atoms with Crippen molar-refractivity contribution in [2.24, 2.45) is 0 Å². The van der Waals surface area contributed by atoms with Gasteiger partial charge in [0.2, 0.25) is 12.2 Å². The second-order valence-electron chi connectivity index (χ2n) is 5.73. The lowest BCUT2D eigenvalue weighted by molar-refractivity contribution is -0.134. The van der Waals surface area contributed by atoms with E-state index in [4.69, 9.17) is 0 Å². The van der Waals surface area contributed by atoms with Crippen LogP contribution < -0.4 is 10.6 Å². The zero-order chi connectivity index (χ0) is 17.9. The molecule has 1 atom stereocenters. The first-order valence-electron chi connectivity index (χ1n) is 8.30. The van der Waals surface area contributed by atoms with Crippen molar-refractivity contribution < 1.29 is 14.4 Å². The van der Waals surface area contributed by atoms with Crippen LogP contribution in [-0.4, -0.2) is 30.7 Å². The zero-order valence-corrected chi connectivity index (χ0v) is 14.0. The summed E-state index contributed by atoms with van der Waals surface area (Å²) in [5, 5.41) is 5.29. The van der Waals surface area contributed by atoms with E-state index in [0.29, 0.717) is 25.8 Å². The van der Waals surface area contributed by atoms with Gasteiger partial charge >= 0.3 is 0 Å². The molecule has 0 saturated carbocycles. The Bertz CT molecular complexity index is 687. The number of nitrogens with one attached hydrogen (secondary N) is 2. The maximum Gasteiger partial charge on any atom is 0.284 e. The van der Waals surface area contributed by atoms with E-state index in [1.165, 1.54) is 0 Å². The molecular formula is C20H22N2O3. The molecule has 2 amide bonds. The fourth-order valence-electron chi connectivity index (χ4n) is 2.53. The Labute approximate surface area is 147 Å². The van der Waals surface area contributed by atoms with Crippen molar-refractivity contribution >= 4 is 18.1 Å². The molecule has 0 heterocycles. The molecule has 5 nitrogen and oxygen atoms in total. The van der Waals surface area contributed by atoms with Gasteiger partial charge in [0.15, 0.2) is 0 Å². The minimum Gasteiger partial charge on any atom is -0.354 e. The number of amides is 2. The van der Waals surface area contributed by atoms with Gasteiger partial charge in [-0.3, -0.25) is 14.4 Å². The molecule has 2 aromatic carbocycles. The van der Waals surface area contributed by atoms with Crippen LogP contribution in [0.5, 0.6) is 0 Å². The molecule has 0 radical (unpaired) electrons. The SMILES string of the molecule is O=CC(=O)NC(CCc1ccccc1)C(=O)NCCc1ccccc1. The first-order chi connectivity index (χ1) is 12.2. The Hall–Kier alpha value is -2.95. The van der Waals surface area contributed by atoms with Crippen LogP contribution in [0.15, 0.2) is 60.7 Å². The highest BCUT2D eigenvalue weighted by atomic mass is 16.2. The van der Waals surface area contributed by atoms with E-state index in [9.17, 15) is 14.4 Å². The first-order valence-corrected chi connectivity index (χ1v) is 8.30. The normalized spacial score (nSPS) is 11.4. The van der Waals surface area contributed by atoms with Crippen molar-refractivity contribution in [2.45, 2.75) is 25.3 Å². The van der Waals surface area contributed by atoms with Gasteiger partial charge in [-0.2, -0.15) is 0 Å². The molecule has 0 saturated heterocycles. The van der Waals surface area contributed by atoms with Crippen LogP contribution >= 0.6 is 0 Å². The molecule has 2 rings (SSSR count). The maximum absolute atomic E-state index is 12.4. The summed E-state index contributed by atoms with van der Waals surface area (Å²) in [5.41, 5.74) is 2.20. The smallest absolute Gasteiger partial charge is 0.284 e. The van der Waals surface area contributed by atoms with Crippen molar-refractivity contribution in [3.05, 3.63) is 71.8 Å². The fourth-order valence-corrected chi connectivity index (χ4v) is 2.53. The minimum atomic E-state index is -0.781. The molecular weight excluding hydrogens is 316 g/mol. The van der Waals surface area contributed by atoms with E-state index in [0.717, 1.165) is 11.1 Å². The molecule has 0 fully saturated rings. The van der Waals surface area contributed by atoms with Gasteiger partial charge in [0.1, 0.15) is 6.04 Å². The summed E-state index contributed by atoms with van der Waals surface area (Å²) in [6.45, 7) is 0.474. The molecule has 0 aliphatic carbocycles. The number of aryl methyl sites for hydroxylation is 1. The molecule has 1 unspecified atom stereocenters. The number of carbonyl (C=O) groups excluding carboxylic acids is 3. The largest absolute Gasteiger partial charge is 0.354 e. The molecule has 130 valence electrons. The molecule has 25 heavy (non-hydrogen) atoms. The molecule has 0 aliphatic heterocycles. The molecule has 0 aromatic heterocycles. The lowest BCUT2D eigenvalue weighted by Crippen LogP contribution is -2.47. The van der Waals surface area contributed by atoms with Gasteiger partial charge in [0.25, 0.3) is 5.91 Å². The van der Waals surface area contributed by atoms with E-state index in [2.05, 4.69) is 10.6 Å². The fraction of sp³-hybridized carbons (Fsp3) is 0.250. The summed E-state index contributed by atoms with van der Waals surface area (Å²) in [7, 11) is 0. The summed E-state index contributed by atoms with van der Waals surface area (Å²) in [6.07, 6.45) is 1.96.